The van der Waals surface area contributed by atoms with Gasteiger partial charge in [0.25, 0.3) is 0 Å². The minimum absolute atomic E-state index is 0.139. The highest BCUT2D eigenvalue weighted by Gasteiger charge is 2.28. The number of rotatable bonds is 6. The Bertz CT molecular complexity index is 1120. The maximum Gasteiger partial charge on any atom is 0.235 e. The predicted octanol–water partition coefficient (Wildman–Crippen LogP) is 3.97. The normalized spacial score (nSPS) is 12.6. The van der Waals surface area contributed by atoms with Gasteiger partial charge in [-0.3, -0.25) is 9.59 Å². The van der Waals surface area contributed by atoms with Crippen LogP contribution in [0.1, 0.15) is 21.5 Å². The second-order valence-corrected chi connectivity index (χ2v) is 6.85. The van der Waals surface area contributed by atoms with Crippen LogP contribution in [0, 0.1) is 17.2 Å². The highest BCUT2D eigenvalue weighted by molar-refractivity contribution is 6.13. The molecule has 0 saturated carbocycles. The molecule has 4 rings (SSSR count). The van der Waals surface area contributed by atoms with Crippen molar-refractivity contribution in [3.63, 3.8) is 0 Å². The van der Waals surface area contributed by atoms with Crippen LogP contribution in [-0.2, 0) is 11.2 Å². The predicted molar refractivity (Wildman–Crippen MR) is 110 cm³/mol. The number of hydrogen-bond acceptors (Lipinski definition) is 5. The molecule has 6 heteroatoms. The van der Waals surface area contributed by atoms with Crippen LogP contribution >= 0.6 is 0 Å². The Morgan fingerprint density at radius 2 is 1.70 bits per heavy atom. The number of amides is 1. The van der Waals surface area contributed by atoms with Gasteiger partial charge in [0.05, 0.1) is 11.6 Å². The third-order valence-corrected chi connectivity index (χ3v) is 4.85. The fraction of sp³-hybridized carbons (Fsp3) is 0.125. The van der Waals surface area contributed by atoms with Gasteiger partial charge >= 0.3 is 0 Å². The molecule has 0 radical (unpaired) electrons. The lowest BCUT2D eigenvalue weighted by Gasteiger charge is -2.16. The van der Waals surface area contributed by atoms with Crippen LogP contribution in [0.2, 0.25) is 0 Å². The number of nitrogens with one attached hydrogen (secondary N) is 1. The van der Waals surface area contributed by atoms with E-state index in [2.05, 4.69) is 11.4 Å². The van der Waals surface area contributed by atoms with Crippen molar-refractivity contribution in [2.75, 3.05) is 12.1 Å². The van der Waals surface area contributed by atoms with E-state index in [1.54, 1.807) is 66.7 Å². The van der Waals surface area contributed by atoms with Crippen LogP contribution in [0.15, 0.2) is 72.8 Å². The zero-order valence-electron chi connectivity index (χ0n) is 16.0. The molecule has 0 aliphatic carbocycles. The topological polar surface area (TPSA) is 88.4 Å². The average Bonchev–Trinajstić information content (AvgIpc) is 3.26. The number of fused-ring (bicyclic) bond motifs is 1. The molecule has 148 valence electrons. The van der Waals surface area contributed by atoms with Crippen LogP contribution in [-0.4, -0.2) is 18.5 Å². The van der Waals surface area contributed by atoms with Gasteiger partial charge in [0, 0.05) is 17.3 Å². The van der Waals surface area contributed by atoms with Gasteiger partial charge in [-0.1, -0.05) is 42.5 Å². The lowest BCUT2D eigenvalue weighted by Crippen LogP contribution is -2.31. The quantitative estimate of drug-likeness (QED) is 0.501. The molecule has 6 nitrogen and oxygen atoms in total. The highest BCUT2D eigenvalue weighted by Crippen LogP contribution is 2.34. The minimum atomic E-state index is -0.925. The van der Waals surface area contributed by atoms with Crippen molar-refractivity contribution < 1.29 is 19.1 Å². The standard InChI is InChI=1S/C24H18N2O4/c25-14-17-8-6-16(7-9-17)12-20(23(27)18-4-2-1-3-5-18)24(28)26-19-10-11-21-22(13-19)30-15-29-21/h1-11,13,20H,12,15H2,(H,26,28)/t20-/m1/s1. The summed E-state index contributed by atoms with van der Waals surface area (Å²) in [6.07, 6.45) is 0.218. The lowest BCUT2D eigenvalue weighted by atomic mass is 9.90. The zero-order chi connectivity index (χ0) is 20.9. The Labute approximate surface area is 173 Å². The summed E-state index contributed by atoms with van der Waals surface area (Å²) in [6.45, 7) is 0.139. The molecular weight excluding hydrogens is 380 g/mol. The molecule has 0 bridgehead atoms. The third-order valence-electron chi connectivity index (χ3n) is 4.85. The van der Waals surface area contributed by atoms with Crippen molar-refractivity contribution in [2.45, 2.75) is 6.42 Å². The van der Waals surface area contributed by atoms with E-state index in [-0.39, 0.29) is 19.0 Å². The van der Waals surface area contributed by atoms with Crippen LogP contribution in [0.5, 0.6) is 11.5 Å². The summed E-state index contributed by atoms with van der Waals surface area (Å²) in [5.41, 5.74) is 2.31. The van der Waals surface area contributed by atoms with E-state index in [1.165, 1.54) is 0 Å². The van der Waals surface area contributed by atoms with Crippen LogP contribution in [0.25, 0.3) is 0 Å². The molecular formula is C24H18N2O4. The fourth-order valence-corrected chi connectivity index (χ4v) is 3.26. The fourth-order valence-electron chi connectivity index (χ4n) is 3.26. The number of anilines is 1. The first kappa shape index (κ1) is 19.2. The molecule has 3 aromatic rings. The number of ketones is 1. The van der Waals surface area contributed by atoms with Crippen molar-refractivity contribution in [3.8, 4) is 17.6 Å². The summed E-state index contributed by atoms with van der Waals surface area (Å²) in [5, 5.41) is 11.8. The molecule has 0 unspecified atom stereocenters. The molecule has 0 fully saturated rings. The number of nitriles is 1. The Morgan fingerprint density at radius 3 is 2.43 bits per heavy atom. The average molecular weight is 398 g/mol. The van der Waals surface area contributed by atoms with Gasteiger partial charge in [0.15, 0.2) is 17.3 Å². The summed E-state index contributed by atoms with van der Waals surface area (Å²) >= 11 is 0. The van der Waals surface area contributed by atoms with Gasteiger partial charge in [-0.05, 0) is 36.2 Å². The third kappa shape index (κ3) is 4.15. The smallest absolute Gasteiger partial charge is 0.235 e. The van der Waals surface area contributed by atoms with Crippen LogP contribution in [0.3, 0.4) is 0 Å². The first-order chi connectivity index (χ1) is 14.6. The number of carbonyl (C=O) groups is 2. The Balaban J connectivity index is 1.59. The molecule has 0 aromatic heterocycles. The highest BCUT2D eigenvalue weighted by atomic mass is 16.7. The van der Waals surface area contributed by atoms with Crippen molar-refractivity contribution in [1.82, 2.24) is 0 Å². The van der Waals surface area contributed by atoms with Gasteiger partial charge in [-0.25, -0.2) is 0 Å². The minimum Gasteiger partial charge on any atom is -0.454 e. The molecule has 0 saturated heterocycles. The molecule has 1 aliphatic rings. The maximum atomic E-state index is 13.1. The molecule has 1 N–H and O–H groups in total. The molecule has 3 aromatic carbocycles. The van der Waals surface area contributed by atoms with Crippen molar-refractivity contribution in [2.24, 2.45) is 5.92 Å². The number of carbonyl (C=O) groups excluding carboxylic acids is 2. The van der Waals surface area contributed by atoms with E-state index in [9.17, 15) is 9.59 Å². The molecule has 1 atom stereocenters. The SMILES string of the molecule is N#Cc1ccc(C[C@@H](C(=O)Nc2ccc3c(c2)OCO3)C(=O)c2ccccc2)cc1. The van der Waals surface area contributed by atoms with Crippen LogP contribution < -0.4 is 14.8 Å². The number of nitrogens with zero attached hydrogens (tertiary/aromatic N) is 1. The zero-order valence-corrected chi connectivity index (χ0v) is 16.0. The first-order valence-electron chi connectivity index (χ1n) is 9.43. The van der Waals surface area contributed by atoms with Gasteiger partial charge < -0.3 is 14.8 Å². The first-order valence-corrected chi connectivity index (χ1v) is 9.43. The maximum absolute atomic E-state index is 13.1. The van der Waals surface area contributed by atoms with Crippen molar-refractivity contribution in [3.05, 3.63) is 89.5 Å². The summed E-state index contributed by atoms with van der Waals surface area (Å²) in [5.74, 6) is -0.440. The van der Waals surface area contributed by atoms with E-state index in [0.29, 0.717) is 28.3 Å². The molecule has 1 aliphatic heterocycles. The number of ether oxygens (including phenoxy) is 2. The summed E-state index contributed by atoms with van der Waals surface area (Å²) in [6, 6.07) is 22.8. The van der Waals surface area contributed by atoms with Gasteiger partial charge in [-0.2, -0.15) is 5.26 Å². The molecule has 0 spiro atoms. The lowest BCUT2D eigenvalue weighted by molar-refractivity contribution is -0.118. The summed E-state index contributed by atoms with van der Waals surface area (Å²) < 4.78 is 10.6. The largest absolute Gasteiger partial charge is 0.454 e. The second kappa shape index (κ2) is 8.50. The molecule has 30 heavy (non-hydrogen) atoms. The van der Waals surface area contributed by atoms with Crippen LogP contribution in [0.4, 0.5) is 5.69 Å². The molecule has 1 heterocycles. The van der Waals surface area contributed by atoms with E-state index in [0.717, 1.165) is 5.56 Å². The second-order valence-electron chi connectivity index (χ2n) is 6.85. The van der Waals surface area contributed by atoms with E-state index < -0.39 is 11.8 Å². The van der Waals surface area contributed by atoms with Crippen molar-refractivity contribution >= 4 is 17.4 Å². The number of Topliss-reactive ketones (excluding diaryl/α,β-unsaturated/α-hetero) is 1. The Morgan fingerprint density at radius 1 is 0.967 bits per heavy atom. The number of hydrogen-bond donors (Lipinski definition) is 1. The van der Waals surface area contributed by atoms with E-state index in [1.807, 2.05) is 6.07 Å². The Hall–Kier alpha value is -4.11. The number of benzene rings is 3. The molecule has 1 amide bonds. The summed E-state index contributed by atoms with van der Waals surface area (Å²) in [7, 11) is 0. The van der Waals surface area contributed by atoms with Gasteiger partial charge in [-0.15, -0.1) is 0 Å². The van der Waals surface area contributed by atoms with E-state index >= 15 is 0 Å². The van der Waals surface area contributed by atoms with Gasteiger partial charge in [0.2, 0.25) is 12.7 Å². The van der Waals surface area contributed by atoms with E-state index in [4.69, 9.17) is 14.7 Å². The van der Waals surface area contributed by atoms with Crippen molar-refractivity contribution in [1.29, 1.82) is 5.26 Å². The monoisotopic (exact) mass is 398 g/mol. The Kier molecular flexibility index (Phi) is 5.44. The van der Waals surface area contributed by atoms with Gasteiger partial charge in [0.1, 0.15) is 5.92 Å². The summed E-state index contributed by atoms with van der Waals surface area (Å²) in [4.78, 5) is 26.2.